The van der Waals surface area contributed by atoms with Crippen LogP contribution in [0, 0.1) is 5.82 Å². The topological polar surface area (TPSA) is 64.7 Å². The molecule has 0 unspecified atom stereocenters. The molecule has 0 saturated carbocycles. The molecule has 0 saturated heterocycles. The average Bonchev–Trinajstić information content (AvgIpc) is 2.15. The Balaban J connectivity index is 2.67. The normalized spacial score (nSPS) is 10.4. The first-order valence-electron chi connectivity index (χ1n) is 4.19. The van der Waals surface area contributed by atoms with Crippen molar-refractivity contribution in [1.82, 2.24) is 15.0 Å². The molecule has 7 heteroatoms. The standard InChI is InChI=1S/C9H5BrClFN4/c10-4-2-1-3-5(12)6(4)7-14-8(11)16-9(13)15-7/h1-3H,(H2,13,14,15,16). The molecule has 2 rings (SSSR count). The fourth-order valence-corrected chi connectivity index (χ4v) is 1.87. The third kappa shape index (κ3) is 2.12. The van der Waals surface area contributed by atoms with E-state index in [1.54, 1.807) is 12.1 Å². The highest BCUT2D eigenvalue weighted by Crippen LogP contribution is 2.28. The Morgan fingerprint density at radius 2 is 2.00 bits per heavy atom. The highest BCUT2D eigenvalue weighted by molar-refractivity contribution is 9.10. The molecule has 0 spiro atoms. The first kappa shape index (κ1) is 11.2. The van der Waals surface area contributed by atoms with Crippen LogP contribution in [0.3, 0.4) is 0 Å². The van der Waals surface area contributed by atoms with Crippen LogP contribution >= 0.6 is 27.5 Å². The second kappa shape index (κ2) is 4.31. The van der Waals surface area contributed by atoms with Gasteiger partial charge < -0.3 is 5.73 Å². The molecule has 16 heavy (non-hydrogen) atoms. The number of benzene rings is 1. The predicted molar refractivity (Wildman–Crippen MR) is 62.3 cm³/mol. The van der Waals surface area contributed by atoms with Gasteiger partial charge in [-0.3, -0.25) is 0 Å². The Bertz CT molecular complexity index is 509. The van der Waals surface area contributed by atoms with Gasteiger partial charge >= 0.3 is 0 Å². The van der Waals surface area contributed by atoms with Gasteiger partial charge in [0.05, 0.1) is 5.56 Å². The summed E-state index contributed by atoms with van der Waals surface area (Å²) in [5.74, 6) is -0.413. The van der Waals surface area contributed by atoms with Crippen LogP contribution in [0.15, 0.2) is 22.7 Å². The van der Waals surface area contributed by atoms with E-state index in [2.05, 4.69) is 30.9 Å². The van der Waals surface area contributed by atoms with Crippen molar-refractivity contribution in [2.45, 2.75) is 0 Å². The fraction of sp³-hybridized carbons (Fsp3) is 0. The monoisotopic (exact) mass is 302 g/mol. The second-order valence-corrected chi connectivity index (χ2v) is 4.08. The molecule has 0 bridgehead atoms. The van der Waals surface area contributed by atoms with Gasteiger partial charge in [0.1, 0.15) is 5.82 Å². The Hall–Kier alpha value is -1.27. The van der Waals surface area contributed by atoms with Gasteiger partial charge in [-0.1, -0.05) is 6.07 Å². The number of halogens is 3. The third-order valence-electron chi connectivity index (χ3n) is 1.81. The van der Waals surface area contributed by atoms with Crippen molar-refractivity contribution < 1.29 is 4.39 Å². The van der Waals surface area contributed by atoms with E-state index in [1.807, 2.05) is 0 Å². The van der Waals surface area contributed by atoms with Crippen LogP contribution in [-0.2, 0) is 0 Å². The number of rotatable bonds is 1. The van der Waals surface area contributed by atoms with Crippen LogP contribution in [0.4, 0.5) is 10.3 Å². The number of aromatic nitrogens is 3. The van der Waals surface area contributed by atoms with E-state index in [9.17, 15) is 4.39 Å². The van der Waals surface area contributed by atoms with Crippen molar-refractivity contribution in [3.63, 3.8) is 0 Å². The summed E-state index contributed by atoms with van der Waals surface area (Å²) in [6.45, 7) is 0. The van der Waals surface area contributed by atoms with E-state index in [0.717, 1.165) is 0 Å². The van der Waals surface area contributed by atoms with E-state index < -0.39 is 5.82 Å². The zero-order valence-corrected chi connectivity index (χ0v) is 10.1. The quantitative estimate of drug-likeness (QED) is 0.879. The minimum atomic E-state index is -0.462. The highest BCUT2D eigenvalue weighted by Gasteiger charge is 2.13. The fourth-order valence-electron chi connectivity index (χ4n) is 1.19. The van der Waals surface area contributed by atoms with Crippen LogP contribution in [0.25, 0.3) is 11.4 Å². The summed E-state index contributed by atoms with van der Waals surface area (Å²) < 4.78 is 14.1. The Morgan fingerprint density at radius 1 is 1.25 bits per heavy atom. The number of nitrogen functional groups attached to an aromatic ring is 1. The Kier molecular flexibility index (Phi) is 3.02. The molecule has 0 amide bonds. The number of nitrogens with two attached hydrogens (primary N) is 1. The molecule has 0 atom stereocenters. The average molecular weight is 304 g/mol. The number of nitrogens with zero attached hydrogens (tertiary/aromatic N) is 3. The molecule has 82 valence electrons. The lowest BCUT2D eigenvalue weighted by atomic mass is 10.2. The molecule has 0 aliphatic rings. The van der Waals surface area contributed by atoms with Crippen LogP contribution in [-0.4, -0.2) is 15.0 Å². The smallest absolute Gasteiger partial charge is 0.227 e. The van der Waals surface area contributed by atoms with E-state index >= 15 is 0 Å². The van der Waals surface area contributed by atoms with Gasteiger partial charge in [-0.25, -0.2) is 4.39 Å². The summed E-state index contributed by atoms with van der Waals surface area (Å²) in [6, 6.07) is 4.54. The molecule has 0 aliphatic carbocycles. The molecule has 0 fully saturated rings. The number of hydrogen-bond acceptors (Lipinski definition) is 4. The minimum absolute atomic E-state index is 0.0508. The van der Waals surface area contributed by atoms with E-state index in [0.29, 0.717) is 4.47 Å². The summed E-state index contributed by atoms with van der Waals surface area (Å²) in [6.07, 6.45) is 0. The van der Waals surface area contributed by atoms with Crippen molar-refractivity contribution in [3.8, 4) is 11.4 Å². The first-order valence-corrected chi connectivity index (χ1v) is 5.36. The van der Waals surface area contributed by atoms with Gasteiger partial charge in [0.2, 0.25) is 11.2 Å². The largest absolute Gasteiger partial charge is 0.368 e. The van der Waals surface area contributed by atoms with Gasteiger partial charge in [-0.05, 0) is 39.7 Å². The van der Waals surface area contributed by atoms with Crippen LogP contribution in [0.2, 0.25) is 5.28 Å². The number of anilines is 1. The maximum absolute atomic E-state index is 13.6. The minimum Gasteiger partial charge on any atom is -0.368 e. The zero-order valence-electron chi connectivity index (χ0n) is 7.78. The zero-order chi connectivity index (χ0) is 11.7. The van der Waals surface area contributed by atoms with Gasteiger partial charge in [-0.15, -0.1) is 0 Å². The Labute approximate surface area is 104 Å². The first-order chi connectivity index (χ1) is 7.58. The van der Waals surface area contributed by atoms with E-state index in [-0.39, 0.29) is 22.6 Å². The molecule has 2 N–H and O–H groups in total. The van der Waals surface area contributed by atoms with Gasteiger partial charge in [-0.2, -0.15) is 15.0 Å². The van der Waals surface area contributed by atoms with Crippen LogP contribution in [0.5, 0.6) is 0 Å². The molecule has 1 aromatic heterocycles. The molecule has 1 heterocycles. The summed E-state index contributed by atoms with van der Waals surface area (Å²) in [5.41, 5.74) is 5.62. The van der Waals surface area contributed by atoms with Crippen LogP contribution in [0.1, 0.15) is 0 Å². The van der Waals surface area contributed by atoms with Crippen LogP contribution < -0.4 is 5.73 Å². The van der Waals surface area contributed by atoms with Crippen molar-refractivity contribution >= 4 is 33.5 Å². The van der Waals surface area contributed by atoms with E-state index in [4.69, 9.17) is 17.3 Å². The SMILES string of the molecule is Nc1nc(Cl)nc(-c2c(F)cccc2Br)n1. The third-order valence-corrected chi connectivity index (χ3v) is 2.64. The molecule has 0 aliphatic heterocycles. The lowest BCUT2D eigenvalue weighted by molar-refractivity contribution is 0.629. The van der Waals surface area contributed by atoms with E-state index in [1.165, 1.54) is 6.07 Å². The summed E-state index contributed by atoms with van der Waals surface area (Å²) in [7, 11) is 0. The molecule has 4 nitrogen and oxygen atoms in total. The highest BCUT2D eigenvalue weighted by atomic mass is 79.9. The van der Waals surface area contributed by atoms with Gasteiger partial charge in [0.25, 0.3) is 0 Å². The lowest BCUT2D eigenvalue weighted by Crippen LogP contribution is -2.01. The molecular weight excluding hydrogens is 298 g/mol. The Morgan fingerprint density at radius 3 is 2.62 bits per heavy atom. The summed E-state index contributed by atoms with van der Waals surface area (Å²) in [5, 5.41) is -0.0716. The summed E-state index contributed by atoms with van der Waals surface area (Å²) in [4.78, 5) is 11.2. The van der Waals surface area contributed by atoms with Crippen molar-refractivity contribution in [2.75, 3.05) is 5.73 Å². The molecule has 2 aromatic rings. The number of hydrogen-bond donors (Lipinski definition) is 1. The lowest BCUT2D eigenvalue weighted by Gasteiger charge is -2.04. The van der Waals surface area contributed by atoms with Gasteiger partial charge in [0, 0.05) is 4.47 Å². The van der Waals surface area contributed by atoms with Crippen molar-refractivity contribution in [1.29, 1.82) is 0 Å². The van der Waals surface area contributed by atoms with Crippen molar-refractivity contribution in [2.24, 2.45) is 0 Å². The maximum atomic E-state index is 13.6. The molecular formula is C9H5BrClFN4. The van der Waals surface area contributed by atoms with Gasteiger partial charge in [0.15, 0.2) is 5.82 Å². The molecule has 0 radical (unpaired) electrons. The maximum Gasteiger partial charge on any atom is 0.227 e. The van der Waals surface area contributed by atoms with Crippen molar-refractivity contribution in [3.05, 3.63) is 33.8 Å². The molecule has 1 aromatic carbocycles. The second-order valence-electron chi connectivity index (χ2n) is 2.88. The summed E-state index contributed by atoms with van der Waals surface area (Å²) >= 11 is 8.83. The predicted octanol–water partition coefficient (Wildman–Crippen LogP) is 2.68.